The molecule has 0 aliphatic carbocycles. The molecule has 2 fully saturated rings. The average Bonchev–Trinajstić information content (AvgIpc) is 3.31. The molecule has 2 aromatic rings. The van der Waals surface area contributed by atoms with Crippen molar-refractivity contribution < 1.29 is 14.6 Å². The van der Waals surface area contributed by atoms with E-state index in [1.54, 1.807) is 6.20 Å². The number of ether oxygens (including phenoxy) is 2. The minimum atomic E-state index is -0.568. The van der Waals surface area contributed by atoms with E-state index in [4.69, 9.17) is 21.1 Å². The number of nitrogens with one attached hydrogen (secondary N) is 1. The maximum absolute atomic E-state index is 9.92. The first-order valence-electron chi connectivity index (χ1n) is 8.38. The third kappa shape index (κ3) is 2.65. The van der Waals surface area contributed by atoms with Gasteiger partial charge < -0.3 is 24.1 Å². The molecule has 4 rings (SSSR count). The van der Waals surface area contributed by atoms with Crippen molar-refractivity contribution in [1.82, 2.24) is 19.5 Å². The third-order valence-corrected chi connectivity index (χ3v) is 4.99. The summed E-state index contributed by atoms with van der Waals surface area (Å²) in [5.41, 5.74) is 0.648. The quantitative estimate of drug-likeness (QED) is 0.859. The maximum atomic E-state index is 9.92. The molecule has 2 aromatic heterocycles. The van der Waals surface area contributed by atoms with E-state index in [0.29, 0.717) is 29.9 Å². The molecule has 0 aromatic carbocycles. The summed E-state index contributed by atoms with van der Waals surface area (Å²) < 4.78 is 13.4. The van der Waals surface area contributed by atoms with Crippen molar-refractivity contribution in [3.05, 3.63) is 23.4 Å². The number of aryl methyl sites for hydroxylation is 1. The molecule has 0 radical (unpaired) electrons. The van der Waals surface area contributed by atoms with Crippen LogP contribution in [0.4, 0.5) is 0 Å². The highest BCUT2D eigenvalue weighted by molar-refractivity contribution is 6.31. The molecule has 0 amide bonds. The first-order valence-corrected chi connectivity index (χ1v) is 8.75. The van der Waals surface area contributed by atoms with Crippen LogP contribution in [-0.2, 0) is 15.9 Å². The van der Waals surface area contributed by atoms with E-state index in [1.807, 2.05) is 10.8 Å². The number of fused-ring (bicyclic) bond motifs is 1. The van der Waals surface area contributed by atoms with Crippen molar-refractivity contribution in [2.24, 2.45) is 0 Å². The molecule has 2 aliphatic heterocycles. The molecule has 24 heavy (non-hydrogen) atoms. The number of aromatic nitrogens is 4. The second-order valence-electron chi connectivity index (χ2n) is 6.34. The fourth-order valence-electron chi connectivity index (χ4n) is 3.47. The lowest BCUT2D eigenvalue weighted by Crippen LogP contribution is -2.30. The van der Waals surface area contributed by atoms with Crippen LogP contribution in [0, 0.1) is 0 Å². The van der Waals surface area contributed by atoms with Gasteiger partial charge in [0, 0.05) is 18.8 Å². The highest BCUT2D eigenvalue weighted by Crippen LogP contribution is 2.37. The van der Waals surface area contributed by atoms with Gasteiger partial charge in [-0.15, -0.1) is 0 Å². The molecule has 0 unspecified atom stereocenters. The van der Waals surface area contributed by atoms with E-state index in [-0.39, 0.29) is 18.2 Å². The van der Waals surface area contributed by atoms with Gasteiger partial charge in [0.05, 0.1) is 19.3 Å². The zero-order chi connectivity index (χ0) is 16.7. The van der Waals surface area contributed by atoms with Crippen LogP contribution < -0.4 is 0 Å². The van der Waals surface area contributed by atoms with Gasteiger partial charge in [0.25, 0.3) is 0 Å². The molecule has 0 spiro atoms. The fourth-order valence-corrected chi connectivity index (χ4v) is 3.71. The summed E-state index contributed by atoms with van der Waals surface area (Å²) >= 11 is 6.35. The Hall–Kier alpha value is -1.41. The van der Waals surface area contributed by atoms with E-state index < -0.39 is 6.10 Å². The summed E-state index contributed by atoms with van der Waals surface area (Å²) in [4.78, 5) is 12.2. The lowest BCUT2D eigenvalue weighted by atomic mass is 10.1. The molecule has 2 saturated heterocycles. The number of imidazole rings is 2. The number of aromatic amines is 1. The average molecular weight is 353 g/mol. The van der Waals surface area contributed by atoms with Crippen LogP contribution in [0.1, 0.15) is 31.6 Å². The Morgan fingerprint density at radius 2 is 2.21 bits per heavy atom. The molecule has 2 aliphatic rings. The molecule has 4 heterocycles. The molecule has 8 heteroatoms. The zero-order valence-corrected chi connectivity index (χ0v) is 14.2. The summed E-state index contributed by atoms with van der Waals surface area (Å²) in [5.74, 6) is 1.57. The zero-order valence-electron chi connectivity index (χ0n) is 13.5. The Balaban J connectivity index is 1.63. The van der Waals surface area contributed by atoms with Crippen molar-refractivity contribution in [2.45, 2.75) is 50.5 Å². The monoisotopic (exact) mass is 352 g/mol. The molecular formula is C16H21ClN4O3. The second kappa shape index (κ2) is 6.48. The predicted octanol–water partition coefficient (Wildman–Crippen LogP) is 1.97. The number of hydrogen-bond acceptors (Lipinski definition) is 5. The summed E-state index contributed by atoms with van der Waals surface area (Å²) in [7, 11) is 0. The number of unbranched alkanes of at least 4 members (excludes halogenated alkanes) is 1. The van der Waals surface area contributed by atoms with E-state index in [2.05, 4.69) is 21.9 Å². The van der Waals surface area contributed by atoms with Crippen LogP contribution in [0.25, 0.3) is 11.5 Å². The molecule has 0 bridgehead atoms. The SMILES string of the molecule is CCCCc1nc(-c2nccn2[C@H]2CO[C@H]3[C@@H]2OC[C@H]3O)c(Cl)[nH]1. The number of halogens is 1. The molecule has 4 atom stereocenters. The van der Waals surface area contributed by atoms with Crippen LogP contribution in [0.3, 0.4) is 0 Å². The minimum Gasteiger partial charge on any atom is -0.388 e. The molecule has 0 saturated carbocycles. The first kappa shape index (κ1) is 16.1. The van der Waals surface area contributed by atoms with Crippen molar-refractivity contribution in [1.29, 1.82) is 0 Å². The summed E-state index contributed by atoms with van der Waals surface area (Å²) in [6.45, 7) is 2.92. The van der Waals surface area contributed by atoms with Crippen LogP contribution >= 0.6 is 11.6 Å². The third-order valence-electron chi connectivity index (χ3n) is 4.71. The van der Waals surface area contributed by atoms with E-state index >= 15 is 0 Å². The van der Waals surface area contributed by atoms with Gasteiger partial charge in [-0.2, -0.15) is 0 Å². The van der Waals surface area contributed by atoms with Crippen LogP contribution in [0.5, 0.6) is 0 Å². The Morgan fingerprint density at radius 1 is 1.38 bits per heavy atom. The van der Waals surface area contributed by atoms with Gasteiger partial charge in [-0.3, -0.25) is 0 Å². The second-order valence-corrected chi connectivity index (χ2v) is 6.72. The summed E-state index contributed by atoms with van der Waals surface area (Å²) in [5, 5.41) is 10.4. The minimum absolute atomic E-state index is 0.0449. The van der Waals surface area contributed by atoms with Gasteiger partial charge in [0.15, 0.2) is 5.82 Å². The predicted molar refractivity (Wildman–Crippen MR) is 88.0 cm³/mol. The van der Waals surface area contributed by atoms with Crippen LogP contribution in [0.15, 0.2) is 12.4 Å². The number of hydrogen-bond donors (Lipinski definition) is 2. The van der Waals surface area contributed by atoms with Gasteiger partial charge in [-0.05, 0) is 6.42 Å². The number of rotatable bonds is 5. The topological polar surface area (TPSA) is 85.2 Å². The van der Waals surface area contributed by atoms with Gasteiger partial charge in [0.2, 0.25) is 0 Å². The van der Waals surface area contributed by atoms with Crippen LogP contribution in [0.2, 0.25) is 5.15 Å². The summed E-state index contributed by atoms with van der Waals surface area (Å²) in [6.07, 6.45) is 5.62. The van der Waals surface area contributed by atoms with Crippen molar-refractivity contribution >= 4 is 11.6 Å². The van der Waals surface area contributed by atoms with Crippen molar-refractivity contribution in [3.8, 4) is 11.5 Å². The molecule has 7 nitrogen and oxygen atoms in total. The molecule has 2 N–H and O–H groups in total. The highest BCUT2D eigenvalue weighted by atomic mass is 35.5. The van der Waals surface area contributed by atoms with Gasteiger partial charge in [-0.1, -0.05) is 24.9 Å². The highest BCUT2D eigenvalue weighted by Gasteiger charge is 2.48. The number of H-pyrrole nitrogens is 1. The Kier molecular flexibility index (Phi) is 4.34. The lowest BCUT2D eigenvalue weighted by Gasteiger charge is -2.19. The summed E-state index contributed by atoms with van der Waals surface area (Å²) in [6, 6.07) is -0.0449. The standard InChI is InChI=1S/C16H21ClN4O3/c1-2-3-4-11-19-12(15(17)20-11)16-18-5-6-21(16)9-7-23-14-10(22)8-24-13(9)14/h5-6,9-10,13-14,22H,2-4,7-8H2,1H3,(H,19,20)/t9-,10+,13+,14+/m0/s1. The fraction of sp³-hybridized carbons (Fsp3) is 0.625. The normalized spacial score (nSPS) is 29.3. The maximum Gasteiger partial charge on any atom is 0.162 e. The largest absolute Gasteiger partial charge is 0.388 e. The number of nitrogens with zero attached hydrogens (tertiary/aromatic N) is 3. The Labute approximate surface area is 145 Å². The number of aliphatic hydroxyl groups excluding tert-OH is 1. The van der Waals surface area contributed by atoms with E-state index in [1.165, 1.54) is 0 Å². The molecule has 130 valence electrons. The van der Waals surface area contributed by atoms with Gasteiger partial charge in [-0.25, -0.2) is 9.97 Å². The van der Waals surface area contributed by atoms with E-state index in [9.17, 15) is 5.11 Å². The van der Waals surface area contributed by atoms with E-state index in [0.717, 1.165) is 25.1 Å². The lowest BCUT2D eigenvalue weighted by molar-refractivity contribution is 0.0172. The molecular weight excluding hydrogens is 332 g/mol. The van der Waals surface area contributed by atoms with Crippen molar-refractivity contribution in [3.63, 3.8) is 0 Å². The Bertz CT molecular complexity index is 716. The smallest absolute Gasteiger partial charge is 0.162 e. The van der Waals surface area contributed by atoms with Crippen molar-refractivity contribution in [2.75, 3.05) is 13.2 Å². The number of aliphatic hydroxyl groups is 1. The van der Waals surface area contributed by atoms with Gasteiger partial charge >= 0.3 is 0 Å². The Morgan fingerprint density at radius 3 is 3.04 bits per heavy atom. The first-order chi connectivity index (χ1) is 11.7. The van der Waals surface area contributed by atoms with Gasteiger partial charge in [0.1, 0.15) is 35.0 Å². The van der Waals surface area contributed by atoms with Crippen LogP contribution in [-0.4, -0.2) is 56.2 Å².